The fourth-order valence-electron chi connectivity index (χ4n) is 4.59. The molecule has 3 aliphatic rings. The van der Waals surface area contributed by atoms with Gasteiger partial charge in [0.25, 0.3) is 0 Å². The summed E-state index contributed by atoms with van der Waals surface area (Å²) in [5, 5.41) is 12.8. The van der Waals surface area contributed by atoms with Gasteiger partial charge in [0, 0.05) is 36.7 Å². The standard InChI is InChI=1S/C20H22N6O/c21-9-12-3-4-14-17(8-12)27-7-5-15-18(14)24-20(22)25-19(15)26-10-13-2-1-6-23-16(13)11-26/h3-4,8,13,16,23H,1-2,5-7,10-11H2,(H2,22,24,25). The van der Waals surface area contributed by atoms with Gasteiger partial charge < -0.3 is 20.7 Å². The van der Waals surface area contributed by atoms with Crippen LogP contribution in [0.3, 0.4) is 0 Å². The van der Waals surface area contributed by atoms with Gasteiger partial charge in [-0.2, -0.15) is 10.2 Å². The van der Waals surface area contributed by atoms with Crippen molar-refractivity contribution in [2.24, 2.45) is 5.92 Å². The fourth-order valence-corrected chi connectivity index (χ4v) is 4.59. The van der Waals surface area contributed by atoms with Crippen molar-refractivity contribution in [2.45, 2.75) is 25.3 Å². The van der Waals surface area contributed by atoms with Crippen molar-refractivity contribution in [2.75, 3.05) is 36.9 Å². The maximum Gasteiger partial charge on any atom is 0.222 e. The summed E-state index contributed by atoms with van der Waals surface area (Å²) >= 11 is 0. The number of hydrogen-bond donors (Lipinski definition) is 2. The van der Waals surface area contributed by atoms with Crippen LogP contribution in [0, 0.1) is 17.2 Å². The zero-order valence-corrected chi connectivity index (χ0v) is 15.1. The molecule has 2 atom stereocenters. The second-order valence-electron chi connectivity index (χ2n) is 7.52. The Bertz CT molecular complexity index is 923. The van der Waals surface area contributed by atoms with E-state index in [1.807, 2.05) is 6.07 Å². The average molecular weight is 362 g/mol. The first-order chi connectivity index (χ1) is 13.2. The van der Waals surface area contributed by atoms with E-state index in [0.29, 0.717) is 29.9 Å². The lowest BCUT2D eigenvalue weighted by Gasteiger charge is -2.24. The first-order valence-electron chi connectivity index (χ1n) is 9.55. The quantitative estimate of drug-likeness (QED) is 0.797. The van der Waals surface area contributed by atoms with Crippen LogP contribution in [-0.4, -0.2) is 42.3 Å². The molecule has 0 spiro atoms. The number of fused-ring (bicyclic) bond motifs is 4. The molecular weight excluding hydrogens is 340 g/mol. The molecule has 2 unspecified atom stereocenters. The predicted octanol–water partition coefficient (Wildman–Crippen LogP) is 1.72. The Kier molecular flexibility index (Phi) is 3.87. The van der Waals surface area contributed by atoms with Crippen LogP contribution in [-0.2, 0) is 6.42 Å². The fraction of sp³-hybridized carbons (Fsp3) is 0.450. The van der Waals surface area contributed by atoms with Crippen LogP contribution in [0.2, 0.25) is 0 Å². The summed E-state index contributed by atoms with van der Waals surface area (Å²) in [5.74, 6) is 2.57. The molecule has 4 heterocycles. The Morgan fingerprint density at radius 1 is 1.30 bits per heavy atom. The largest absolute Gasteiger partial charge is 0.492 e. The van der Waals surface area contributed by atoms with Crippen LogP contribution in [0.5, 0.6) is 5.75 Å². The minimum Gasteiger partial charge on any atom is -0.492 e. The van der Waals surface area contributed by atoms with Crippen LogP contribution in [0.1, 0.15) is 24.0 Å². The summed E-state index contributed by atoms with van der Waals surface area (Å²) in [4.78, 5) is 11.5. The Balaban J connectivity index is 1.59. The van der Waals surface area contributed by atoms with E-state index in [1.165, 1.54) is 12.8 Å². The molecule has 3 aliphatic heterocycles. The Morgan fingerprint density at radius 2 is 2.22 bits per heavy atom. The van der Waals surface area contributed by atoms with E-state index < -0.39 is 0 Å². The molecule has 1 aromatic heterocycles. The number of piperidine rings is 1. The number of nitriles is 1. The van der Waals surface area contributed by atoms with Gasteiger partial charge in [-0.3, -0.25) is 0 Å². The van der Waals surface area contributed by atoms with Crippen molar-refractivity contribution < 1.29 is 4.74 Å². The predicted molar refractivity (Wildman–Crippen MR) is 103 cm³/mol. The molecule has 0 aliphatic carbocycles. The van der Waals surface area contributed by atoms with Gasteiger partial charge in [0.15, 0.2) is 0 Å². The topological polar surface area (TPSA) is 100 Å². The highest BCUT2D eigenvalue weighted by Crippen LogP contribution is 2.39. The van der Waals surface area contributed by atoms with Crippen molar-refractivity contribution in [1.82, 2.24) is 15.3 Å². The maximum absolute atomic E-state index is 9.17. The number of ether oxygens (including phenoxy) is 1. The van der Waals surface area contributed by atoms with Crippen molar-refractivity contribution >= 4 is 11.8 Å². The minimum absolute atomic E-state index is 0.281. The number of hydrogen-bond acceptors (Lipinski definition) is 7. The monoisotopic (exact) mass is 362 g/mol. The molecule has 1 aromatic carbocycles. The molecule has 0 bridgehead atoms. The number of nitrogens with two attached hydrogens (primary N) is 1. The molecule has 2 saturated heterocycles. The summed E-state index contributed by atoms with van der Waals surface area (Å²) in [7, 11) is 0. The molecule has 0 radical (unpaired) electrons. The first-order valence-corrected chi connectivity index (χ1v) is 9.55. The molecule has 27 heavy (non-hydrogen) atoms. The molecule has 7 heteroatoms. The lowest BCUT2D eigenvalue weighted by atomic mass is 9.94. The highest BCUT2D eigenvalue weighted by molar-refractivity contribution is 5.76. The Labute approximate surface area is 158 Å². The van der Waals surface area contributed by atoms with Crippen LogP contribution >= 0.6 is 0 Å². The second kappa shape index (κ2) is 6.39. The Hall–Kier alpha value is -2.85. The number of rotatable bonds is 1. The summed E-state index contributed by atoms with van der Waals surface area (Å²) in [6, 6.07) is 8.16. The second-order valence-corrected chi connectivity index (χ2v) is 7.52. The van der Waals surface area contributed by atoms with Gasteiger partial charge in [-0.05, 0) is 43.5 Å². The highest BCUT2D eigenvalue weighted by Gasteiger charge is 2.36. The number of anilines is 2. The SMILES string of the molecule is N#Cc1ccc2c(c1)OCCc1c-2nc(N)nc1N1CC2CCCNC2C1. The zero-order chi connectivity index (χ0) is 18.4. The van der Waals surface area contributed by atoms with Gasteiger partial charge in [-0.1, -0.05) is 0 Å². The molecule has 3 N–H and O–H groups in total. The average Bonchev–Trinajstić information content (AvgIpc) is 3.04. The smallest absolute Gasteiger partial charge is 0.222 e. The summed E-state index contributed by atoms with van der Waals surface area (Å²) in [5.41, 5.74) is 9.48. The van der Waals surface area contributed by atoms with E-state index >= 15 is 0 Å². The van der Waals surface area contributed by atoms with Crippen LogP contribution in [0.15, 0.2) is 18.2 Å². The van der Waals surface area contributed by atoms with Gasteiger partial charge in [0.1, 0.15) is 11.6 Å². The Morgan fingerprint density at radius 3 is 3.07 bits per heavy atom. The third kappa shape index (κ3) is 2.77. The normalized spacial score (nSPS) is 23.4. The van der Waals surface area contributed by atoms with Gasteiger partial charge in [0.2, 0.25) is 5.95 Å². The summed E-state index contributed by atoms with van der Waals surface area (Å²) in [6.07, 6.45) is 3.22. The van der Waals surface area contributed by atoms with Gasteiger partial charge >= 0.3 is 0 Å². The lowest BCUT2D eigenvalue weighted by Crippen LogP contribution is -2.40. The molecule has 2 fully saturated rings. The van der Waals surface area contributed by atoms with Crippen LogP contribution in [0.4, 0.5) is 11.8 Å². The van der Waals surface area contributed by atoms with E-state index in [1.54, 1.807) is 12.1 Å². The highest BCUT2D eigenvalue weighted by atomic mass is 16.5. The molecule has 7 nitrogen and oxygen atoms in total. The maximum atomic E-state index is 9.17. The lowest BCUT2D eigenvalue weighted by molar-refractivity contribution is 0.326. The molecule has 0 amide bonds. The first kappa shape index (κ1) is 16.3. The number of nitrogen functional groups attached to an aromatic ring is 1. The number of nitrogens with one attached hydrogen (secondary N) is 1. The van der Waals surface area contributed by atoms with E-state index in [9.17, 15) is 5.26 Å². The van der Waals surface area contributed by atoms with Crippen molar-refractivity contribution in [3.8, 4) is 23.1 Å². The van der Waals surface area contributed by atoms with Crippen LogP contribution < -0.4 is 20.7 Å². The van der Waals surface area contributed by atoms with Gasteiger partial charge in [-0.25, -0.2) is 4.98 Å². The van der Waals surface area contributed by atoms with Gasteiger partial charge in [0.05, 0.1) is 23.9 Å². The molecule has 5 rings (SSSR count). The third-order valence-corrected chi connectivity index (χ3v) is 5.88. The van der Waals surface area contributed by atoms with Crippen LogP contribution in [0.25, 0.3) is 11.3 Å². The summed E-state index contributed by atoms with van der Waals surface area (Å²) < 4.78 is 5.93. The third-order valence-electron chi connectivity index (χ3n) is 5.88. The minimum atomic E-state index is 0.281. The number of aromatic nitrogens is 2. The van der Waals surface area contributed by atoms with Crippen molar-refractivity contribution in [1.29, 1.82) is 5.26 Å². The molecule has 2 aromatic rings. The molecule has 138 valence electrons. The molecule has 0 saturated carbocycles. The van der Waals surface area contributed by atoms with E-state index in [-0.39, 0.29) is 5.95 Å². The van der Waals surface area contributed by atoms with Crippen molar-refractivity contribution in [3.63, 3.8) is 0 Å². The van der Waals surface area contributed by atoms with E-state index in [0.717, 1.165) is 48.7 Å². The van der Waals surface area contributed by atoms with Crippen molar-refractivity contribution in [3.05, 3.63) is 29.3 Å². The zero-order valence-electron chi connectivity index (χ0n) is 15.1. The van der Waals surface area contributed by atoms with E-state index in [2.05, 4.69) is 26.3 Å². The number of nitrogens with zero attached hydrogens (tertiary/aromatic N) is 4. The van der Waals surface area contributed by atoms with E-state index in [4.69, 9.17) is 10.5 Å². The number of benzene rings is 1. The van der Waals surface area contributed by atoms with Gasteiger partial charge in [-0.15, -0.1) is 0 Å². The summed E-state index contributed by atoms with van der Waals surface area (Å²) in [6.45, 7) is 3.59. The molecular formula is C20H22N6O.